The van der Waals surface area contributed by atoms with Crippen LogP contribution in [-0.4, -0.2) is 47.7 Å². The van der Waals surface area contributed by atoms with Crippen LogP contribution in [0.3, 0.4) is 0 Å². The number of primary amides is 1. The van der Waals surface area contributed by atoms with E-state index in [-0.39, 0.29) is 30.6 Å². The molecule has 0 spiro atoms. The number of hydrogen-bond donors (Lipinski definition) is 4. The Morgan fingerprint density at radius 2 is 1.43 bits per heavy atom. The van der Waals surface area contributed by atoms with Crippen LogP contribution >= 0.6 is 0 Å². The molecular weight excluding hydrogens is 300 g/mol. The van der Waals surface area contributed by atoms with E-state index in [9.17, 15) is 19.2 Å². The standard InChI is InChI=1S/C15H28N4O4/c1-8(2)17-9(3)14(22)18-10(4)15(23)19-12(11(5)20)6-7-13(16)21/h8-10,12,17H,6-7H2,1-5H3,(H2,16,21)(H,18,22)(H,19,23)/t9-,10-,12-/m0/s1. The van der Waals surface area contributed by atoms with Gasteiger partial charge in [0.25, 0.3) is 0 Å². The van der Waals surface area contributed by atoms with Gasteiger partial charge in [0.15, 0.2) is 5.78 Å². The lowest BCUT2D eigenvalue weighted by Crippen LogP contribution is -2.54. The minimum Gasteiger partial charge on any atom is -0.370 e. The molecule has 3 amide bonds. The first kappa shape index (κ1) is 21.0. The summed E-state index contributed by atoms with van der Waals surface area (Å²) in [6, 6.07) is -1.89. The van der Waals surface area contributed by atoms with Gasteiger partial charge in [-0.15, -0.1) is 0 Å². The maximum absolute atomic E-state index is 12.1. The van der Waals surface area contributed by atoms with Crippen LogP contribution in [0.4, 0.5) is 0 Å². The van der Waals surface area contributed by atoms with E-state index in [1.54, 1.807) is 6.92 Å². The van der Waals surface area contributed by atoms with Crippen molar-refractivity contribution in [3.8, 4) is 0 Å². The minimum atomic E-state index is -0.797. The first-order valence-corrected chi connectivity index (χ1v) is 7.70. The average molecular weight is 328 g/mol. The van der Waals surface area contributed by atoms with Gasteiger partial charge < -0.3 is 21.7 Å². The monoisotopic (exact) mass is 328 g/mol. The van der Waals surface area contributed by atoms with Crippen molar-refractivity contribution in [3.05, 3.63) is 0 Å². The Kier molecular flexibility index (Phi) is 9.09. The van der Waals surface area contributed by atoms with Crippen LogP contribution in [0.25, 0.3) is 0 Å². The summed E-state index contributed by atoms with van der Waals surface area (Å²) in [6.45, 7) is 8.38. The number of amides is 3. The van der Waals surface area contributed by atoms with Crippen LogP contribution in [0.5, 0.6) is 0 Å². The molecule has 0 aromatic rings. The van der Waals surface area contributed by atoms with Gasteiger partial charge in [-0.3, -0.25) is 19.2 Å². The van der Waals surface area contributed by atoms with Gasteiger partial charge >= 0.3 is 0 Å². The maximum Gasteiger partial charge on any atom is 0.242 e. The van der Waals surface area contributed by atoms with Gasteiger partial charge in [0.2, 0.25) is 17.7 Å². The van der Waals surface area contributed by atoms with Gasteiger partial charge in [-0.05, 0) is 27.2 Å². The van der Waals surface area contributed by atoms with Crippen LogP contribution in [0.1, 0.15) is 47.5 Å². The first-order chi connectivity index (χ1) is 10.5. The molecule has 23 heavy (non-hydrogen) atoms. The van der Waals surface area contributed by atoms with Crippen molar-refractivity contribution in [1.29, 1.82) is 0 Å². The molecular formula is C15H28N4O4. The Labute approximate surface area is 136 Å². The molecule has 132 valence electrons. The third-order valence-corrected chi connectivity index (χ3v) is 3.22. The van der Waals surface area contributed by atoms with Crippen LogP contribution in [0, 0.1) is 0 Å². The average Bonchev–Trinajstić information content (AvgIpc) is 2.41. The Balaban J connectivity index is 4.53. The third kappa shape index (κ3) is 8.92. The third-order valence-electron chi connectivity index (χ3n) is 3.22. The van der Waals surface area contributed by atoms with E-state index in [2.05, 4.69) is 16.0 Å². The van der Waals surface area contributed by atoms with Crippen molar-refractivity contribution in [1.82, 2.24) is 16.0 Å². The van der Waals surface area contributed by atoms with Gasteiger partial charge in [0.1, 0.15) is 6.04 Å². The van der Waals surface area contributed by atoms with E-state index in [4.69, 9.17) is 5.73 Å². The van der Waals surface area contributed by atoms with Crippen LogP contribution in [0.2, 0.25) is 0 Å². The lowest BCUT2D eigenvalue weighted by Gasteiger charge is -2.22. The van der Waals surface area contributed by atoms with Crippen molar-refractivity contribution < 1.29 is 19.2 Å². The van der Waals surface area contributed by atoms with E-state index < -0.39 is 29.9 Å². The van der Waals surface area contributed by atoms with Crippen molar-refractivity contribution in [2.75, 3.05) is 0 Å². The fourth-order valence-electron chi connectivity index (χ4n) is 1.94. The van der Waals surface area contributed by atoms with Crippen molar-refractivity contribution in [3.63, 3.8) is 0 Å². The molecule has 0 aromatic heterocycles. The fourth-order valence-corrected chi connectivity index (χ4v) is 1.94. The van der Waals surface area contributed by atoms with E-state index in [1.165, 1.54) is 13.8 Å². The second-order valence-electron chi connectivity index (χ2n) is 5.95. The number of rotatable bonds is 10. The summed E-state index contributed by atoms with van der Waals surface area (Å²) in [4.78, 5) is 46.3. The van der Waals surface area contributed by atoms with E-state index in [0.29, 0.717) is 0 Å². The van der Waals surface area contributed by atoms with E-state index >= 15 is 0 Å². The topological polar surface area (TPSA) is 130 Å². The van der Waals surface area contributed by atoms with Gasteiger partial charge in [-0.25, -0.2) is 0 Å². The number of nitrogens with two attached hydrogens (primary N) is 1. The molecule has 5 N–H and O–H groups in total. The van der Waals surface area contributed by atoms with E-state index in [0.717, 1.165) is 0 Å². The molecule has 3 atom stereocenters. The predicted molar refractivity (Wildman–Crippen MR) is 86.4 cm³/mol. The minimum absolute atomic E-state index is 0.000604. The molecule has 0 aliphatic carbocycles. The highest BCUT2D eigenvalue weighted by molar-refractivity contribution is 5.92. The van der Waals surface area contributed by atoms with Crippen LogP contribution in [0.15, 0.2) is 0 Å². The summed E-state index contributed by atoms with van der Waals surface area (Å²) in [5.74, 6) is -1.61. The predicted octanol–water partition coefficient (Wildman–Crippen LogP) is -0.783. The Hall–Kier alpha value is -1.96. The number of carbonyl (C=O) groups excluding carboxylic acids is 4. The SMILES string of the molecule is CC(=O)[C@H](CCC(N)=O)NC(=O)[C@H](C)NC(=O)[C@H](C)NC(C)C. The lowest BCUT2D eigenvalue weighted by atomic mass is 10.1. The summed E-state index contributed by atoms with van der Waals surface area (Å²) in [5, 5.41) is 8.13. The number of carbonyl (C=O) groups is 4. The summed E-state index contributed by atoms with van der Waals surface area (Å²) in [6.07, 6.45) is 0.142. The highest BCUT2D eigenvalue weighted by Crippen LogP contribution is 2.00. The molecule has 0 saturated carbocycles. The summed E-state index contributed by atoms with van der Waals surface area (Å²) < 4.78 is 0. The zero-order valence-corrected chi connectivity index (χ0v) is 14.4. The highest BCUT2D eigenvalue weighted by Gasteiger charge is 2.24. The zero-order chi connectivity index (χ0) is 18.2. The number of hydrogen-bond acceptors (Lipinski definition) is 5. The normalized spacial score (nSPS) is 14.7. The van der Waals surface area contributed by atoms with E-state index in [1.807, 2.05) is 13.8 Å². The number of Topliss-reactive ketones (excluding diaryl/α,β-unsaturated/α-hetero) is 1. The Morgan fingerprint density at radius 1 is 0.913 bits per heavy atom. The Bertz CT molecular complexity index is 451. The summed E-state index contributed by atoms with van der Waals surface area (Å²) in [7, 11) is 0. The fraction of sp³-hybridized carbons (Fsp3) is 0.733. The molecule has 0 fully saturated rings. The van der Waals surface area contributed by atoms with Crippen molar-refractivity contribution in [2.45, 2.75) is 71.6 Å². The molecule has 0 aliphatic heterocycles. The highest BCUT2D eigenvalue weighted by atomic mass is 16.2. The largest absolute Gasteiger partial charge is 0.370 e. The quantitative estimate of drug-likeness (QED) is 0.418. The summed E-state index contributed by atoms with van der Waals surface area (Å²) in [5.41, 5.74) is 5.04. The molecule has 0 aromatic carbocycles. The second kappa shape index (κ2) is 9.94. The molecule has 0 heterocycles. The first-order valence-electron chi connectivity index (χ1n) is 7.70. The molecule has 8 heteroatoms. The van der Waals surface area contributed by atoms with Gasteiger partial charge in [0.05, 0.1) is 12.1 Å². The number of nitrogens with one attached hydrogen (secondary N) is 3. The molecule has 0 rings (SSSR count). The molecule has 0 unspecified atom stereocenters. The summed E-state index contributed by atoms with van der Waals surface area (Å²) >= 11 is 0. The smallest absolute Gasteiger partial charge is 0.242 e. The second-order valence-corrected chi connectivity index (χ2v) is 5.95. The molecule has 0 saturated heterocycles. The molecule has 8 nitrogen and oxygen atoms in total. The van der Waals surface area contributed by atoms with Crippen LogP contribution in [-0.2, 0) is 19.2 Å². The van der Waals surface area contributed by atoms with Crippen LogP contribution < -0.4 is 21.7 Å². The lowest BCUT2D eigenvalue weighted by molar-refractivity contribution is -0.131. The zero-order valence-electron chi connectivity index (χ0n) is 14.4. The van der Waals surface area contributed by atoms with Crippen molar-refractivity contribution in [2.24, 2.45) is 5.73 Å². The molecule has 0 aliphatic rings. The van der Waals surface area contributed by atoms with Gasteiger partial charge in [-0.1, -0.05) is 13.8 Å². The van der Waals surface area contributed by atoms with Gasteiger partial charge in [0, 0.05) is 12.5 Å². The molecule has 0 bridgehead atoms. The Morgan fingerprint density at radius 3 is 1.87 bits per heavy atom. The maximum atomic E-state index is 12.1. The number of ketones is 1. The van der Waals surface area contributed by atoms with Crippen molar-refractivity contribution >= 4 is 23.5 Å². The molecule has 0 radical (unpaired) electrons. The van der Waals surface area contributed by atoms with Gasteiger partial charge in [-0.2, -0.15) is 0 Å².